The summed E-state index contributed by atoms with van der Waals surface area (Å²) in [6.07, 6.45) is 0. The van der Waals surface area contributed by atoms with E-state index in [1.807, 2.05) is 6.92 Å². The molecule has 2 aromatic heterocycles. The summed E-state index contributed by atoms with van der Waals surface area (Å²) in [5, 5.41) is 7.92. The second kappa shape index (κ2) is 8.71. The molecule has 0 aliphatic rings. The van der Waals surface area contributed by atoms with Crippen molar-refractivity contribution in [3.63, 3.8) is 0 Å². The third-order valence-electron chi connectivity index (χ3n) is 5.64. The molecule has 1 atom stereocenters. The van der Waals surface area contributed by atoms with Gasteiger partial charge >= 0.3 is 0 Å². The normalized spacial score (nSPS) is 12.1. The molecule has 0 saturated heterocycles. The van der Waals surface area contributed by atoms with Crippen LogP contribution in [0.3, 0.4) is 0 Å². The molecule has 4 rings (SSSR count). The van der Waals surface area contributed by atoms with Crippen LogP contribution in [0.25, 0.3) is 16.9 Å². The van der Waals surface area contributed by atoms with Gasteiger partial charge in [0, 0.05) is 5.56 Å². The number of benzene rings is 2. The van der Waals surface area contributed by atoms with Gasteiger partial charge in [0.05, 0.1) is 29.4 Å². The van der Waals surface area contributed by atoms with Crippen molar-refractivity contribution in [1.82, 2.24) is 19.9 Å². The van der Waals surface area contributed by atoms with Gasteiger partial charge in [-0.05, 0) is 62.2 Å². The molecule has 2 N–H and O–H groups in total. The van der Waals surface area contributed by atoms with Crippen LogP contribution in [0.2, 0.25) is 5.02 Å². The van der Waals surface area contributed by atoms with Gasteiger partial charge < -0.3 is 15.0 Å². The van der Waals surface area contributed by atoms with Crippen LogP contribution in [-0.2, 0) is 0 Å². The Kier molecular flexibility index (Phi) is 5.95. The Morgan fingerprint density at radius 2 is 1.91 bits per heavy atom. The predicted molar refractivity (Wildman–Crippen MR) is 125 cm³/mol. The van der Waals surface area contributed by atoms with Crippen molar-refractivity contribution in [3.05, 3.63) is 86.0 Å². The van der Waals surface area contributed by atoms with Crippen LogP contribution in [0.4, 0.5) is 4.39 Å². The summed E-state index contributed by atoms with van der Waals surface area (Å²) in [6.45, 7) is 5.25. The number of fused-ring (bicyclic) bond motifs is 1. The van der Waals surface area contributed by atoms with Gasteiger partial charge in [-0.3, -0.25) is 9.59 Å². The molecule has 1 amide bonds. The van der Waals surface area contributed by atoms with Crippen LogP contribution in [0.1, 0.15) is 40.1 Å². The number of ether oxygens (including phenoxy) is 1. The first-order valence-corrected chi connectivity index (χ1v) is 10.6. The van der Waals surface area contributed by atoms with Crippen LogP contribution < -0.4 is 15.6 Å². The Morgan fingerprint density at radius 3 is 2.58 bits per heavy atom. The summed E-state index contributed by atoms with van der Waals surface area (Å²) in [5.74, 6) is 0.0721. The standard InChI is InChI=1S/C24H22ClFN4O3/c1-12-20(23(31)27-13(2)15-5-8-17(26)9-6-15)14(3)30-21(12)24(32)28-22(29-30)16-7-10-18(25)19(11-16)33-4/h5-11,13H,1-4H3,(H,27,31)(H,28,29,32). The minimum Gasteiger partial charge on any atom is -0.495 e. The summed E-state index contributed by atoms with van der Waals surface area (Å²) in [6, 6.07) is 10.6. The molecular formula is C24H22ClFN4O3. The summed E-state index contributed by atoms with van der Waals surface area (Å²) >= 11 is 6.10. The van der Waals surface area contributed by atoms with Crippen LogP contribution in [0.15, 0.2) is 47.3 Å². The third kappa shape index (κ3) is 4.09. The van der Waals surface area contributed by atoms with Crippen LogP contribution >= 0.6 is 11.6 Å². The van der Waals surface area contributed by atoms with Crippen molar-refractivity contribution in [2.75, 3.05) is 7.11 Å². The Labute approximate surface area is 194 Å². The SMILES string of the molecule is COc1cc(-c2nn3c(C)c(C(=O)NC(C)c4ccc(F)cc4)c(C)c3c(=O)[nH]2)ccc1Cl. The van der Waals surface area contributed by atoms with Crippen molar-refractivity contribution in [1.29, 1.82) is 0 Å². The van der Waals surface area contributed by atoms with Crippen molar-refractivity contribution in [3.8, 4) is 17.1 Å². The number of aryl methyl sites for hydroxylation is 2. The summed E-state index contributed by atoms with van der Waals surface area (Å²) in [7, 11) is 1.50. The Hall–Kier alpha value is -3.65. The summed E-state index contributed by atoms with van der Waals surface area (Å²) < 4.78 is 19.9. The average Bonchev–Trinajstić information content (AvgIpc) is 3.04. The molecule has 0 bridgehead atoms. The van der Waals surface area contributed by atoms with Gasteiger partial charge in [0.25, 0.3) is 11.5 Å². The molecule has 9 heteroatoms. The third-order valence-corrected chi connectivity index (χ3v) is 5.95. The van der Waals surface area contributed by atoms with Gasteiger partial charge in [0.2, 0.25) is 0 Å². The maximum Gasteiger partial charge on any atom is 0.275 e. The quantitative estimate of drug-likeness (QED) is 0.448. The molecule has 7 nitrogen and oxygen atoms in total. The lowest BCUT2D eigenvalue weighted by molar-refractivity contribution is 0.0938. The molecule has 0 aliphatic carbocycles. The number of nitrogens with one attached hydrogen (secondary N) is 2. The van der Waals surface area contributed by atoms with Crippen molar-refractivity contribution in [2.24, 2.45) is 0 Å². The minimum atomic E-state index is -0.375. The van der Waals surface area contributed by atoms with Gasteiger partial charge in [-0.15, -0.1) is 5.10 Å². The van der Waals surface area contributed by atoms with E-state index in [2.05, 4.69) is 15.4 Å². The fourth-order valence-electron chi connectivity index (χ4n) is 3.88. The number of aromatic amines is 1. The van der Waals surface area contributed by atoms with E-state index in [4.69, 9.17) is 16.3 Å². The smallest absolute Gasteiger partial charge is 0.275 e. The molecule has 0 spiro atoms. The first-order valence-electron chi connectivity index (χ1n) is 10.2. The number of hydrogen-bond acceptors (Lipinski definition) is 4. The van der Waals surface area contributed by atoms with E-state index in [1.54, 1.807) is 44.2 Å². The fraction of sp³-hybridized carbons (Fsp3) is 0.208. The van der Waals surface area contributed by atoms with Crippen molar-refractivity contribution < 1.29 is 13.9 Å². The zero-order valence-corrected chi connectivity index (χ0v) is 19.2. The average molecular weight is 469 g/mol. The van der Waals surface area contributed by atoms with Crippen LogP contribution in [0, 0.1) is 19.7 Å². The number of aromatic nitrogens is 3. The second-order valence-corrected chi connectivity index (χ2v) is 8.15. The van der Waals surface area contributed by atoms with E-state index < -0.39 is 0 Å². The molecule has 0 aliphatic heterocycles. The molecule has 0 fully saturated rings. The zero-order chi connectivity index (χ0) is 23.9. The highest BCUT2D eigenvalue weighted by molar-refractivity contribution is 6.32. The lowest BCUT2D eigenvalue weighted by Crippen LogP contribution is -2.27. The number of carbonyl (C=O) groups is 1. The molecule has 1 unspecified atom stereocenters. The topological polar surface area (TPSA) is 88.5 Å². The number of methoxy groups -OCH3 is 1. The Balaban J connectivity index is 1.75. The van der Waals surface area contributed by atoms with Crippen molar-refractivity contribution in [2.45, 2.75) is 26.8 Å². The molecule has 4 aromatic rings. The first-order chi connectivity index (χ1) is 15.7. The first kappa shape index (κ1) is 22.5. The highest BCUT2D eigenvalue weighted by Gasteiger charge is 2.24. The number of rotatable bonds is 5. The summed E-state index contributed by atoms with van der Waals surface area (Å²) in [5.41, 5.74) is 2.70. The van der Waals surface area contributed by atoms with Crippen LogP contribution in [0.5, 0.6) is 5.75 Å². The molecule has 0 saturated carbocycles. The second-order valence-electron chi connectivity index (χ2n) is 7.74. The van der Waals surface area contributed by atoms with E-state index >= 15 is 0 Å². The molecule has 33 heavy (non-hydrogen) atoms. The van der Waals surface area contributed by atoms with Gasteiger partial charge in [-0.25, -0.2) is 8.91 Å². The monoisotopic (exact) mass is 468 g/mol. The van der Waals surface area contributed by atoms with Gasteiger partial charge in [0.1, 0.15) is 17.1 Å². The van der Waals surface area contributed by atoms with E-state index in [1.165, 1.54) is 23.8 Å². The van der Waals surface area contributed by atoms with Crippen molar-refractivity contribution >= 4 is 23.0 Å². The zero-order valence-electron chi connectivity index (χ0n) is 18.5. The Bertz CT molecular complexity index is 1430. The van der Waals surface area contributed by atoms with Gasteiger partial charge in [-0.1, -0.05) is 23.7 Å². The molecular weight excluding hydrogens is 447 g/mol. The van der Waals surface area contributed by atoms with E-state index in [9.17, 15) is 14.0 Å². The van der Waals surface area contributed by atoms with Gasteiger partial charge in [0.15, 0.2) is 5.82 Å². The lowest BCUT2D eigenvalue weighted by Gasteiger charge is -2.14. The number of carbonyl (C=O) groups excluding carboxylic acids is 1. The Morgan fingerprint density at radius 1 is 1.21 bits per heavy atom. The number of halogens is 2. The minimum absolute atomic E-state index is 0.289. The maximum absolute atomic E-state index is 13.2. The maximum atomic E-state index is 13.2. The molecule has 170 valence electrons. The molecule has 2 heterocycles. The molecule has 2 aromatic carbocycles. The predicted octanol–water partition coefficient (Wildman–Crippen LogP) is 4.60. The number of nitrogens with zero attached hydrogens (tertiary/aromatic N) is 2. The van der Waals surface area contributed by atoms with Crippen LogP contribution in [-0.4, -0.2) is 27.6 Å². The number of amides is 1. The van der Waals surface area contributed by atoms with E-state index in [0.717, 1.165) is 5.56 Å². The largest absolute Gasteiger partial charge is 0.495 e. The van der Waals surface area contributed by atoms with E-state index in [0.29, 0.717) is 39.0 Å². The fourth-order valence-corrected chi connectivity index (χ4v) is 4.08. The number of hydrogen-bond donors (Lipinski definition) is 2. The lowest BCUT2D eigenvalue weighted by atomic mass is 10.1. The number of H-pyrrole nitrogens is 1. The van der Waals surface area contributed by atoms with E-state index in [-0.39, 0.29) is 28.8 Å². The van der Waals surface area contributed by atoms with Gasteiger partial charge in [-0.2, -0.15) is 0 Å². The molecule has 0 radical (unpaired) electrons. The highest BCUT2D eigenvalue weighted by atomic mass is 35.5. The summed E-state index contributed by atoms with van der Waals surface area (Å²) in [4.78, 5) is 28.8. The highest BCUT2D eigenvalue weighted by Crippen LogP contribution is 2.29.